The fourth-order valence-corrected chi connectivity index (χ4v) is 4.01. The minimum Gasteiger partial charge on any atom is -0.506 e. The number of amides is 1. The Morgan fingerprint density at radius 2 is 1.52 bits per heavy atom. The zero-order valence-corrected chi connectivity index (χ0v) is 19.4. The molecule has 0 spiro atoms. The van der Waals surface area contributed by atoms with Gasteiger partial charge in [0.15, 0.2) is 0 Å². The number of hydrogen-bond donors (Lipinski definition) is 3. The van der Waals surface area contributed by atoms with E-state index in [-0.39, 0.29) is 22.6 Å². The fourth-order valence-electron chi connectivity index (χ4n) is 4.01. The number of aromatic hydroxyl groups is 1. The molecule has 0 aliphatic heterocycles. The third kappa shape index (κ3) is 4.37. The van der Waals surface area contributed by atoms with Gasteiger partial charge >= 0.3 is 0 Å². The summed E-state index contributed by atoms with van der Waals surface area (Å²) in [5.41, 5.74) is 3.84. The van der Waals surface area contributed by atoms with Gasteiger partial charge in [-0.1, -0.05) is 87.5 Å². The van der Waals surface area contributed by atoms with Crippen LogP contribution in [0, 0.1) is 12.3 Å². The van der Waals surface area contributed by atoms with Crippen molar-refractivity contribution in [3.63, 3.8) is 0 Å². The Bertz CT molecular complexity index is 1380. The van der Waals surface area contributed by atoms with Crippen LogP contribution in [0.25, 0.3) is 21.9 Å². The van der Waals surface area contributed by atoms with Crippen molar-refractivity contribution in [1.82, 2.24) is 5.32 Å². The lowest BCUT2D eigenvalue weighted by molar-refractivity contribution is 0.0974. The summed E-state index contributed by atoms with van der Waals surface area (Å²) in [4.78, 5) is 13.3. The van der Waals surface area contributed by atoms with Crippen molar-refractivity contribution in [2.45, 2.75) is 33.1 Å². The summed E-state index contributed by atoms with van der Waals surface area (Å²) >= 11 is 0. The summed E-state index contributed by atoms with van der Waals surface area (Å²) in [5, 5.41) is 24.4. The van der Waals surface area contributed by atoms with Crippen LogP contribution < -0.4 is 5.32 Å². The van der Waals surface area contributed by atoms with Gasteiger partial charge in [-0.2, -0.15) is 0 Å². The van der Waals surface area contributed by atoms with Crippen LogP contribution in [0.15, 0.2) is 78.9 Å². The number of phenolic OH excluding ortho intramolecular Hbond substituents is 1. The van der Waals surface area contributed by atoms with E-state index in [0.29, 0.717) is 11.1 Å². The molecule has 0 unspecified atom stereocenters. The molecule has 166 valence electrons. The lowest BCUT2D eigenvalue weighted by atomic mass is 9.83. The van der Waals surface area contributed by atoms with E-state index in [1.54, 1.807) is 12.1 Å². The maximum atomic E-state index is 13.3. The predicted octanol–water partition coefficient (Wildman–Crippen LogP) is 6.57. The van der Waals surface area contributed by atoms with Gasteiger partial charge in [0.05, 0.1) is 5.56 Å². The third-order valence-corrected chi connectivity index (χ3v) is 5.95. The molecule has 1 amide bonds. The number of phenols is 1. The lowest BCUT2D eigenvalue weighted by Crippen LogP contribution is -2.31. The first-order valence-corrected chi connectivity index (χ1v) is 11.0. The number of benzene rings is 4. The second-order valence-electron chi connectivity index (χ2n) is 9.34. The molecule has 0 heterocycles. The molecule has 4 nitrogen and oxygen atoms in total. The number of aryl methyl sites for hydroxylation is 1. The first kappa shape index (κ1) is 22.3. The molecule has 0 aliphatic carbocycles. The van der Waals surface area contributed by atoms with Crippen molar-refractivity contribution in [3.8, 4) is 16.9 Å². The van der Waals surface area contributed by atoms with Crippen LogP contribution >= 0.6 is 0 Å². The Labute approximate surface area is 194 Å². The monoisotopic (exact) mass is 436 g/mol. The number of nitrogens with one attached hydrogen (secondary N) is 2. The summed E-state index contributed by atoms with van der Waals surface area (Å²) in [5.74, 6) is -0.590. The number of carbonyl (C=O) groups excluding carboxylic acids is 1. The summed E-state index contributed by atoms with van der Waals surface area (Å²) in [7, 11) is 0. The highest BCUT2D eigenvalue weighted by Crippen LogP contribution is 2.40. The molecule has 0 saturated heterocycles. The van der Waals surface area contributed by atoms with E-state index in [1.165, 1.54) is 0 Å². The van der Waals surface area contributed by atoms with E-state index < -0.39 is 5.91 Å². The minimum atomic E-state index is -0.506. The molecular weight excluding hydrogens is 408 g/mol. The molecule has 4 rings (SSSR count). The van der Waals surface area contributed by atoms with Gasteiger partial charge in [-0.25, -0.2) is 0 Å². The van der Waals surface area contributed by atoms with Crippen molar-refractivity contribution >= 4 is 22.5 Å². The quantitative estimate of drug-likeness (QED) is 0.251. The van der Waals surface area contributed by atoms with Crippen LogP contribution in [0.2, 0.25) is 0 Å². The smallest absolute Gasteiger partial charge is 0.260 e. The van der Waals surface area contributed by atoms with E-state index in [4.69, 9.17) is 5.41 Å². The number of amidine groups is 1. The molecule has 33 heavy (non-hydrogen) atoms. The average Bonchev–Trinajstić information content (AvgIpc) is 2.78. The summed E-state index contributed by atoms with van der Waals surface area (Å²) in [6.45, 7) is 8.11. The lowest BCUT2D eigenvalue weighted by Gasteiger charge is -2.23. The first-order chi connectivity index (χ1) is 15.7. The summed E-state index contributed by atoms with van der Waals surface area (Å²) < 4.78 is 0. The molecule has 0 fully saturated rings. The highest BCUT2D eigenvalue weighted by atomic mass is 16.3. The van der Waals surface area contributed by atoms with Gasteiger partial charge in [-0.15, -0.1) is 0 Å². The number of fused-ring (bicyclic) bond motifs is 1. The van der Waals surface area contributed by atoms with Crippen LogP contribution in [0.3, 0.4) is 0 Å². The van der Waals surface area contributed by atoms with Crippen molar-refractivity contribution in [1.29, 1.82) is 5.41 Å². The second-order valence-corrected chi connectivity index (χ2v) is 9.34. The van der Waals surface area contributed by atoms with Gasteiger partial charge < -0.3 is 10.4 Å². The molecule has 0 atom stereocenters. The zero-order valence-electron chi connectivity index (χ0n) is 19.4. The summed E-state index contributed by atoms with van der Waals surface area (Å²) in [6.07, 6.45) is 0. The molecule has 0 radical (unpaired) electrons. The SMILES string of the molecule is Cc1ccccc1C(=N)NC(=O)c1cc(C(C)(C)C)cc(-c2cccc3ccccc23)c1O. The Balaban J connectivity index is 1.84. The molecular formula is C29H28N2O2. The van der Waals surface area contributed by atoms with E-state index in [2.05, 4.69) is 26.1 Å². The van der Waals surface area contributed by atoms with Crippen molar-refractivity contribution in [3.05, 3.63) is 101 Å². The Hall–Kier alpha value is -3.92. The Morgan fingerprint density at radius 3 is 2.24 bits per heavy atom. The number of rotatable bonds is 3. The van der Waals surface area contributed by atoms with E-state index in [1.807, 2.05) is 73.7 Å². The van der Waals surface area contributed by atoms with Gasteiger partial charge in [0.1, 0.15) is 11.6 Å². The van der Waals surface area contributed by atoms with Gasteiger partial charge in [0.2, 0.25) is 0 Å². The summed E-state index contributed by atoms with van der Waals surface area (Å²) in [6, 6.07) is 25.0. The first-order valence-electron chi connectivity index (χ1n) is 11.0. The molecule has 4 aromatic carbocycles. The van der Waals surface area contributed by atoms with Gasteiger partial charge in [-0.3, -0.25) is 10.2 Å². The standard InChI is InChI=1S/C29H28N2O2/c1-18-10-5-7-13-21(18)27(30)31-28(33)25-17-20(29(2,3)4)16-24(26(25)32)23-15-9-12-19-11-6-8-14-22(19)23/h5-17,32H,1-4H3,(H2,30,31,33). The molecule has 3 N–H and O–H groups in total. The molecule has 4 aromatic rings. The largest absolute Gasteiger partial charge is 0.506 e. The van der Waals surface area contributed by atoms with Gasteiger partial charge in [0, 0.05) is 11.1 Å². The third-order valence-electron chi connectivity index (χ3n) is 5.95. The van der Waals surface area contributed by atoms with Crippen LogP contribution in [0.1, 0.15) is 47.8 Å². The fraction of sp³-hybridized carbons (Fsp3) is 0.172. The number of carbonyl (C=O) groups is 1. The van der Waals surface area contributed by atoms with Crippen molar-refractivity contribution in [2.75, 3.05) is 0 Å². The predicted molar refractivity (Wildman–Crippen MR) is 135 cm³/mol. The highest BCUT2D eigenvalue weighted by molar-refractivity contribution is 6.14. The number of hydrogen-bond acceptors (Lipinski definition) is 3. The maximum Gasteiger partial charge on any atom is 0.260 e. The molecule has 0 saturated carbocycles. The van der Waals surface area contributed by atoms with Crippen LogP contribution in [0.5, 0.6) is 5.75 Å². The zero-order chi connectivity index (χ0) is 23.8. The van der Waals surface area contributed by atoms with Crippen LogP contribution in [0.4, 0.5) is 0 Å². The molecule has 0 aliphatic rings. The van der Waals surface area contributed by atoms with Crippen molar-refractivity contribution < 1.29 is 9.90 Å². The van der Waals surface area contributed by atoms with E-state index in [9.17, 15) is 9.90 Å². The highest BCUT2D eigenvalue weighted by Gasteiger charge is 2.24. The van der Waals surface area contributed by atoms with Crippen LogP contribution in [-0.2, 0) is 5.41 Å². The molecule has 0 aromatic heterocycles. The average molecular weight is 437 g/mol. The minimum absolute atomic E-state index is 0.00497. The second kappa shape index (κ2) is 8.55. The normalized spacial score (nSPS) is 11.4. The van der Waals surface area contributed by atoms with E-state index >= 15 is 0 Å². The molecule has 0 bridgehead atoms. The Kier molecular flexibility index (Phi) is 5.77. The van der Waals surface area contributed by atoms with Crippen molar-refractivity contribution in [2.24, 2.45) is 0 Å². The maximum absolute atomic E-state index is 13.3. The van der Waals surface area contributed by atoms with E-state index in [0.717, 1.165) is 27.5 Å². The van der Waals surface area contributed by atoms with Crippen LogP contribution in [-0.4, -0.2) is 16.8 Å². The topological polar surface area (TPSA) is 73.2 Å². The Morgan fingerprint density at radius 1 is 0.848 bits per heavy atom. The van der Waals surface area contributed by atoms with Gasteiger partial charge in [-0.05, 0) is 51.9 Å². The molecule has 4 heteroatoms. The van der Waals surface area contributed by atoms with Gasteiger partial charge in [0.25, 0.3) is 5.91 Å².